The number of esters is 1. The van der Waals surface area contributed by atoms with Crippen LogP contribution in [0.3, 0.4) is 0 Å². The molecule has 0 aromatic carbocycles. The van der Waals surface area contributed by atoms with Crippen LogP contribution < -0.4 is 5.73 Å². The molecule has 0 radical (unpaired) electrons. The summed E-state index contributed by atoms with van der Waals surface area (Å²) in [6, 6.07) is 0. The predicted molar refractivity (Wildman–Crippen MR) is 193 cm³/mol. The molecule has 0 heterocycles. The molecule has 0 saturated heterocycles. The summed E-state index contributed by atoms with van der Waals surface area (Å²) in [5.74, 6) is 3.22. The monoisotopic (exact) mass is 647 g/mol. The minimum atomic E-state index is -0.375. The Hall–Kier alpha value is 0.150. The summed E-state index contributed by atoms with van der Waals surface area (Å²) in [5.41, 5.74) is 5.80. The molecular formula is C35H69NO3S3. The van der Waals surface area contributed by atoms with Crippen LogP contribution in [0.2, 0.25) is 0 Å². The maximum atomic E-state index is 12.2. The van der Waals surface area contributed by atoms with Crippen LogP contribution in [0.15, 0.2) is 0 Å². The molecule has 1 atom stereocenters. The molecule has 0 aliphatic rings. The van der Waals surface area contributed by atoms with E-state index in [4.69, 9.17) is 10.5 Å². The molecule has 0 rings (SSSR count). The number of hydrogen-bond donors (Lipinski definition) is 1. The number of nitrogens with two attached hydrogens (primary N) is 1. The van der Waals surface area contributed by atoms with Crippen LogP contribution in [0.1, 0.15) is 168 Å². The van der Waals surface area contributed by atoms with Crippen molar-refractivity contribution in [1.82, 2.24) is 0 Å². The van der Waals surface area contributed by atoms with Gasteiger partial charge in [-0.25, -0.2) is 0 Å². The third kappa shape index (κ3) is 33.1. The highest BCUT2D eigenvalue weighted by molar-refractivity contribution is 8.15. The van der Waals surface area contributed by atoms with E-state index in [1.165, 1.54) is 159 Å². The zero-order chi connectivity index (χ0) is 30.8. The third-order valence-electron chi connectivity index (χ3n) is 7.72. The first-order chi connectivity index (χ1) is 20.6. The Labute approximate surface area is 274 Å². The van der Waals surface area contributed by atoms with Gasteiger partial charge in [0, 0.05) is 12.3 Å². The van der Waals surface area contributed by atoms with Crippen LogP contribution in [-0.4, -0.2) is 52.5 Å². The van der Waals surface area contributed by atoms with Crippen molar-refractivity contribution >= 4 is 46.4 Å². The number of hydrogen-bond acceptors (Lipinski definition) is 7. The van der Waals surface area contributed by atoms with Crippen molar-refractivity contribution in [3.8, 4) is 0 Å². The van der Waals surface area contributed by atoms with Gasteiger partial charge in [-0.3, -0.25) is 9.59 Å². The predicted octanol–water partition coefficient (Wildman–Crippen LogP) is 11.0. The molecule has 4 nitrogen and oxygen atoms in total. The van der Waals surface area contributed by atoms with E-state index in [9.17, 15) is 9.59 Å². The first-order valence-electron chi connectivity index (χ1n) is 17.8. The molecule has 7 heteroatoms. The summed E-state index contributed by atoms with van der Waals surface area (Å²) in [4.78, 5) is 24.4. The lowest BCUT2D eigenvalue weighted by molar-refractivity contribution is -0.144. The summed E-state index contributed by atoms with van der Waals surface area (Å²) in [7, 11) is 0. The fourth-order valence-corrected chi connectivity index (χ4v) is 7.66. The van der Waals surface area contributed by atoms with Gasteiger partial charge in [-0.1, -0.05) is 167 Å². The Morgan fingerprint density at radius 2 is 0.905 bits per heavy atom. The average molecular weight is 648 g/mol. The number of ether oxygens (including phenoxy) is 1. The number of unbranched alkanes of at least 4 members (excludes halogenated alkanes) is 22. The summed E-state index contributed by atoms with van der Waals surface area (Å²) in [5, 5.41) is 0.162. The van der Waals surface area contributed by atoms with E-state index < -0.39 is 0 Å². The Kier molecular flexibility index (Phi) is 35.8. The lowest BCUT2D eigenvalue weighted by Crippen LogP contribution is -2.30. The van der Waals surface area contributed by atoms with Crippen molar-refractivity contribution in [2.24, 2.45) is 5.73 Å². The average Bonchev–Trinajstić information content (AvgIpc) is 2.99. The molecule has 42 heavy (non-hydrogen) atoms. The molecule has 0 aromatic rings. The molecule has 1 unspecified atom stereocenters. The quantitative estimate of drug-likeness (QED) is 0.0550. The summed E-state index contributed by atoms with van der Waals surface area (Å²) >= 11 is 4.64. The topological polar surface area (TPSA) is 69.4 Å². The lowest BCUT2D eigenvalue weighted by atomic mass is 10.1. The van der Waals surface area contributed by atoms with Gasteiger partial charge in [0.15, 0.2) is 5.12 Å². The summed E-state index contributed by atoms with van der Waals surface area (Å²) < 4.78 is 5.53. The molecule has 250 valence electrons. The normalized spacial score (nSPS) is 12.1. The first kappa shape index (κ1) is 42.1. The Morgan fingerprint density at radius 3 is 1.29 bits per heavy atom. The number of carbonyl (C=O) groups excluding carboxylic acids is 2. The van der Waals surface area contributed by atoms with Crippen molar-refractivity contribution in [3.63, 3.8) is 0 Å². The zero-order valence-electron chi connectivity index (χ0n) is 27.8. The molecular weight excluding hydrogens is 579 g/mol. The van der Waals surface area contributed by atoms with Gasteiger partial charge in [0.25, 0.3) is 0 Å². The van der Waals surface area contributed by atoms with E-state index in [1.807, 2.05) is 0 Å². The van der Waals surface area contributed by atoms with Gasteiger partial charge in [-0.05, 0) is 24.3 Å². The van der Waals surface area contributed by atoms with Gasteiger partial charge in [0.1, 0.15) is 6.10 Å². The van der Waals surface area contributed by atoms with Crippen LogP contribution in [0.25, 0.3) is 0 Å². The van der Waals surface area contributed by atoms with Crippen molar-refractivity contribution in [3.05, 3.63) is 0 Å². The van der Waals surface area contributed by atoms with E-state index in [-0.39, 0.29) is 23.7 Å². The van der Waals surface area contributed by atoms with E-state index >= 15 is 0 Å². The second kappa shape index (κ2) is 35.6. The fraction of sp³-hybridized carbons (Fsp3) is 0.943. The molecule has 0 aliphatic carbocycles. The highest BCUT2D eigenvalue weighted by Gasteiger charge is 2.15. The Morgan fingerprint density at radius 1 is 0.548 bits per heavy atom. The second-order valence-electron chi connectivity index (χ2n) is 11.9. The first-order valence-corrected chi connectivity index (χ1v) is 21.1. The van der Waals surface area contributed by atoms with Crippen LogP contribution in [-0.2, 0) is 14.3 Å². The molecule has 2 N–H and O–H groups in total. The zero-order valence-corrected chi connectivity index (χ0v) is 30.3. The van der Waals surface area contributed by atoms with E-state index in [1.54, 1.807) is 23.5 Å². The Balaban J connectivity index is 3.51. The van der Waals surface area contributed by atoms with Crippen LogP contribution >= 0.6 is 35.3 Å². The number of carbonyl (C=O) groups is 2. The van der Waals surface area contributed by atoms with E-state index in [0.717, 1.165) is 17.9 Å². The Bertz CT molecular complexity index is 580. The van der Waals surface area contributed by atoms with Gasteiger partial charge in [0.05, 0.1) is 11.5 Å². The number of thioether (sulfide) groups is 3. The summed E-state index contributed by atoms with van der Waals surface area (Å²) in [6.07, 6.45) is 32.1. The largest absolute Gasteiger partial charge is 0.460 e. The van der Waals surface area contributed by atoms with Gasteiger partial charge in [0.2, 0.25) is 0 Å². The van der Waals surface area contributed by atoms with Gasteiger partial charge < -0.3 is 10.5 Å². The maximum Gasteiger partial charge on any atom is 0.316 e. The van der Waals surface area contributed by atoms with Crippen LogP contribution in [0, 0.1) is 0 Å². The standard InChI is InChI=1S/C35H69NO3S3/c1-3-5-7-9-11-13-15-17-19-21-23-25-27-40-31-34(37)39-33(29-36)30-42-35(38)32-41-28-26-24-22-20-18-16-14-12-10-8-6-4-2/h33H,3-32,36H2,1-2H3. The minimum Gasteiger partial charge on any atom is -0.460 e. The smallest absolute Gasteiger partial charge is 0.316 e. The van der Waals surface area contributed by atoms with Crippen LogP contribution in [0.4, 0.5) is 0 Å². The van der Waals surface area contributed by atoms with Crippen molar-refractivity contribution < 1.29 is 14.3 Å². The second-order valence-corrected chi connectivity index (χ2v) is 15.2. The SMILES string of the molecule is CCCCCCCCCCCCCCSCC(=O)OC(CN)CSC(=O)CSCCCCCCCCCCCCCC. The molecule has 0 bridgehead atoms. The molecule has 0 aliphatic heterocycles. The molecule has 0 spiro atoms. The van der Waals surface area contributed by atoms with Crippen molar-refractivity contribution in [2.75, 3.05) is 35.3 Å². The van der Waals surface area contributed by atoms with Gasteiger partial charge in [-0.15, -0.1) is 0 Å². The van der Waals surface area contributed by atoms with Gasteiger partial charge in [-0.2, -0.15) is 23.5 Å². The van der Waals surface area contributed by atoms with Gasteiger partial charge >= 0.3 is 5.97 Å². The van der Waals surface area contributed by atoms with Crippen molar-refractivity contribution in [1.29, 1.82) is 0 Å². The van der Waals surface area contributed by atoms with E-state index in [0.29, 0.717) is 17.3 Å². The molecule has 0 fully saturated rings. The summed E-state index contributed by atoms with van der Waals surface area (Å²) in [6.45, 7) is 4.81. The molecule has 0 saturated carbocycles. The fourth-order valence-electron chi connectivity index (χ4n) is 5.00. The number of rotatable bonds is 34. The molecule has 0 aromatic heterocycles. The van der Waals surface area contributed by atoms with Crippen molar-refractivity contribution in [2.45, 2.75) is 174 Å². The lowest BCUT2D eigenvalue weighted by Gasteiger charge is -2.15. The maximum absolute atomic E-state index is 12.2. The minimum absolute atomic E-state index is 0.162. The third-order valence-corrected chi connectivity index (χ3v) is 11.0. The molecule has 0 amide bonds. The van der Waals surface area contributed by atoms with Crippen LogP contribution in [0.5, 0.6) is 0 Å². The highest BCUT2D eigenvalue weighted by Crippen LogP contribution is 2.17. The highest BCUT2D eigenvalue weighted by atomic mass is 32.2. The van der Waals surface area contributed by atoms with E-state index in [2.05, 4.69) is 13.8 Å².